The normalized spacial score (nSPS) is 15.6. The molecule has 4 aromatic rings. The summed E-state index contributed by atoms with van der Waals surface area (Å²) in [7, 11) is 0. The summed E-state index contributed by atoms with van der Waals surface area (Å²) < 4.78 is 0. The third kappa shape index (κ3) is 7.44. The number of aliphatic hydroxyl groups is 1. The summed E-state index contributed by atoms with van der Waals surface area (Å²) in [6, 6.07) is 10.3. The number of aromatic nitrogens is 2. The minimum atomic E-state index is -1.59. The number of nitrogens with two attached hydrogens (primary N) is 1. The first kappa shape index (κ1) is 32.2. The number of carbonyl (C=O) groups excluding carboxylic acids is 3. The van der Waals surface area contributed by atoms with E-state index in [0.717, 1.165) is 32.9 Å². The molecular formula is C32H40N6O6. The first-order valence-electron chi connectivity index (χ1n) is 14.7. The number of para-hydroxylation sites is 2. The summed E-state index contributed by atoms with van der Waals surface area (Å²) in [5.74, 6) is -3.66. The Morgan fingerprint density at radius 3 is 1.82 bits per heavy atom. The van der Waals surface area contributed by atoms with Crippen LogP contribution in [0.2, 0.25) is 0 Å². The first-order valence-corrected chi connectivity index (χ1v) is 14.7. The Hall–Kier alpha value is -4.68. The highest BCUT2D eigenvalue weighted by atomic mass is 16.4. The lowest BCUT2D eigenvalue weighted by Gasteiger charge is -2.28. The largest absolute Gasteiger partial charge is 0.480 e. The van der Waals surface area contributed by atoms with E-state index in [2.05, 4.69) is 25.9 Å². The minimum Gasteiger partial charge on any atom is -0.480 e. The van der Waals surface area contributed by atoms with E-state index in [-0.39, 0.29) is 18.8 Å². The summed E-state index contributed by atoms with van der Waals surface area (Å²) in [5.41, 5.74) is 9.63. The second kappa shape index (κ2) is 14.2. The van der Waals surface area contributed by atoms with Crippen LogP contribution in [-0.2, 0) is 32.0 Å². The van der Waals surface area contributed by atoms with Crippen molar-refractivity contribution in [3.63, 3.8) is 0 Å². The van der Waals surface area contributed by atoms with Crippen LogP contribution in [-0.4, -0.2) is 74.1 Å². The van der Waals surface area contributed by atoms with Gasteiger partial charge in [0, 0.05) is 40.6 Å². The molecule has 2 heterocycles. The molecular weight excluding hydrogens is 564 g/mol. The van der Waals surface area contributed by atoms with Crippen LogP contribution < -0.4 is 21.7 Å². The van der Waals surface area contributed by atoms with Gasteiger partial charge < -0.3 is 41.9 Å². The smallest absolute Gasteiger partial charge is 0.328 e. The number of carbonyl (C=O) groups is 4. The Morgan fingerprint density at radius 2 is 1.30 bits per heavy atom. The van der Waals surface area contributed by atoms with E-state index < -0.39 is 54.0 Å². The highest BCUT2D eigenvalue weighted by molar-refractivity contribution is 5.95. The number of H-pyrrole nitrogens is 2. The molecule has 234 valence electrons. The van der Waals surface area contributed by atoms with Gasteiger partial charge in [0.2, 0.25) is 17.7 Å². The van der Waals surface area contributed by atoms with Gasteiger partial charge in [-0.25, -0.2) is 4.79 Å². The highest BCUT2D eigenvalue weighted by Gasteiger charge is 2.34. The van der Waals surface area contributed by atoms with Gasteiger partial charge >= 0.3 is 5.97 Å². The number of carboxylic acid groups (broad SMARTS) is 1. The standard InChI is InChI=1S/C32H40N6O6/c1-4-17(2)27(37-29(40)23(33)13-19-15-34-24-11-7-5-9-21(19)24)31(42)36-26(30(41)38-28(18(3)39)32(43)44)14-20-16-35-25-12-8-6-10-22(20)25/h5-12,15-18,23,26-28,34-35,39H,4,13-14,33H2,1-3H3,(H,36,42)(H,37,40)(H,38,41)(H,43,44). The number of hydrogen-bond donors (Lipinski definition) is 8. The Morgan fingerprint density at radius 1 is 0.773 bits per heavy atom. The predicted molar refractivity (Wildman–Crippen MR) is 167 cm³/mol. The van der Waals surface area contributed by atoms with Gasteiger partial charge in [-0.1, -0.05) is 56.7 Å². The van der Waals surface area contributed by atoms with Crippen LogP contribution in [0.25, 0.3) is 21.8 Å². The fourth-order valence-electron chi connectivity index (χ4n) is 5.23. The molecule has 12 heteroatoms. The molecule has 4 rings (SSSR count). The van der Waals surface area contributed by atoms with E-state index >= 15 is 0 Å². The molecule has 6 unspecified atom stereocenters. The Kier molecular flexibility index (Phi) is 10.4. The Bertz CT molecular complexity index is 1630. The lowest BCUT2D eigenvalue weighted by atomic mass is 9.96. The van der Waals surface area contributed by atoms with Crippen molar-refractivity contribution in [2.75, 3.05) is 0 Å². The van der Waals surface area contributed by atoms with E-state index in [1.165, 1.54) is 6.92 Å². The van der Waals surface area contributed by atoms with Crippen LogP contribution in [0.4, 0.5) is 0 Å². The molecule has 0 aliphatic rings. The van der Waals surface area contributed by atoms with Crippen LogP contribution in [0.15, 0.2) is 60.9 Å². The van der Waals surface area contributed by atoms with E-state index in [9.17, 15) is 29.4 Å². The fraction of sp³-hybridized carbons (Fsp3) is 0.375. The molecule has 0 aliphatic carbocycles. The monoisotopic (exact) mass is 604 g/mol. The first-order chi connectivity index (χ1) is 21.0. The topological polar surface area (TPSA) is 202 Å². The molecule has 44 heavy (non-hydrogen) atoms. The average Bonchev–Trinajstić information content (AvgIpc) is 3.61. The van der Waals surface area contributed by atoms with Crippen LogP contribution in [0.3, 0.4) is 0 Å². The van der Waals surface area contributed by atoms with Crippen LogP contribution >= 0.6 is 0 Å². The Balaban J connectivity index is 1.54. The number of aromatic amines is 2. The maximum Gasteiger partial charge on any atom is 0.328 e. The predicted octanol–water partition coefficient (Wildman–Crippen LogP) is 1.73. The number of benzene rings is 2. The number of aliphatic hydroxyl groups excluding tert-OH is 1. The zero-order valence-electron chi connectivity index (χ0n) is 25.0. The van der Waals surface area contributed by atoms with Crippen molar-refractivity contribution in [3.8, 4) is 0 Å². The van der Waals surface area contributed by atoms with Crippen molar-refractivity contribution in [2.24, 2.45) is 11.7 Å². The van der Waals surface area contributed by atoms with Crippen molar-refractivity contribution in [3.05, 3.63) is 72.1 Å². The molecule has 0 saturated heterocycles. The van der Waals surface area contributed by atoms with Gasteiger partial charge in [-0.3, -0.25) is 14.4 Å². The summed E-state index contributed by atoms with van der Waals surface area (Å²) >= 11 is 0. The van der Waals surface area contributed by atoms with Crippen molar-refractivity contribution >= 4 is 45.5 Å². The maximum atomic E-state index is 13.7. The van der Waals surface area contributed by atoms with Crippen LogP contribution in [0.5, 0.6) is 0 Å². The molecule has 0 radical (unpaired) electrons. The van der Waals surface area contributed by atoms with Gasteiger partial charge in [-0.2, -0.15) is 0 Å². The molecule has 2 aromatic carbocycles. The summed E-state index contributed by atoms with van der Waals surface area (Å²) in [5, 5.41) is 29.1. The number of nitrogens with one attached hydrogen (secondary N) is 5. The van der Waals surface area contributed by atoms with Gasteiger partial charge in [0.1, 0.15) is 12.1 Å². The molecule has 0 aliphatic heterocycles. The number of aliphatic carboxylic acids is 1. The molecule has 0 bridgehead atoms. The summed E-state index contributed by atoms with van der Waals surface area (Å²) in [4.78, 5) is 58.4. The summed E-state index contributed by atoms with van der Waals surface area (Å²) in [6.45, 7) is 4.93. The summed E-state index contributed by atoms with van der Waals surface area (Å²) in [6.07, 6.45) is 2.95. The molecule has 0 spiro atoms. The van der Waals surface area contributed by atoms with Gasteiger partial charge in [0.15, 0.2) is 6.04 Å². The van der Waals surface area contributed by atoms with E-state index in [1.54, 1.807) is 13.1 Å². The van der Waals surface area contributed by atoms with Crippen LogP contribution in [0, 0.1) is 5.92 Å². The zero-order valence-corrected chi connectivity index (χ0v) is 25.0. The third-order valence-corrected chi connectivity index (χ3v) is 8.02. The third-order valence-electron chi connectivity index (χ3n) is 8.02. The molecule has 12 nitrogen and oxygen atoms in total. The van der Waals surface area contributed by atoms with Crippen molar-refractivity contribution < 1.29 is 29.4 Å². The van der Waals surface area contributed by atoms with E-state index in [0.29, 0.717) is 6.42 Å². The maximum absolute atomic E-state index is 13.7. The second-order valence-electron chi connectivity index (χ2n) is 11.2. The molecule has 6 atom stereocenters. The van der Waals surface area contributed by atoms with Gasteiger partial charge in [0.05, 0.1) is 12.1 Å². The number of rotatable bonds is 14. The molecule has 0 saturated carbocycles. The molecule has 0 fully saturated rings. The number of hydrogen-bond acceptors (Lipinski definition) is 6. The van der Waals surface area contributed by atoms with Gasteiger partial charge in [-0.15, -0.1) is 0 Å². The Labute approximate surface area is 254 Å². The van der Waals surface area contributed by atoms with Crippen LogP contribution in [0.1, 0.15) is 38.3 Å². The van der Waals surface area contributed by atoms with E-state index in [1.807, 2.05) is 61.7 Å². The second-order valence-corrected chi connectivity index (χ2v) is 11.2. The number of fused-ring (bicyclic) bond motifs is 2. The highest BCUT2D eigenvalue weighted by Crippen LogP contribution is 2.21. The zero-order chi connectivity index (χ0) is 32.0. The average molecular weight is 605 g/mol. The van der Waals surface area contributed by atoms with Gasteiger partial charge in [-0.05, 0) is 42.5 Å². The lowest BCUT2D eigenvalue weighted by molar-refractivity contribution is -0.145. The lowest BCUT2D eigenvalue weighted by Crippen LogP contribution is -2.60. The molecule has 3 amide bonds. The quantitative estimate of drug-likeness (QED) is 0.107. The fourth-order valence-corrected chi connectivity index (χ4v) is 5.23. The van der Waals surface area contributed by atoms with Crippen molar-refractivity contribution in [1.29, 1.82) is 0 Å². The number of amides is 3. The molecule has 9 N–H and O–H groups in total. The minimum absolute atomic E-state index is 0.0228. The van der Waals surface area contributed by atoms with Gasteiger partial charge in [0.25, 0.3) is 0 Å². The van der Waals surface area contributed by atoms with Crippen molar-refractivity contribution in [2.45, 2.75) is 70.3 Å². The number of carboxylic acids is 1. The molecule has 2 aromatic heterocycles. The SMILES string of the molecule is CCC(C)C(NC(=O)C(N)Cc1c[nH]c2ccccc12)C(=O)NC(Cc1c[nH]c2ccccc12)C(=O)NC(C(=O)O)C(C)O. The van der Waals surface area contributed by atoms with E-state index in [4.69, 9.17) is 5.73 Å². The van der Waals surface area contributed by atoms with Crippen molar-refractivity contribution in [1.82, 2.24) is 25.9 Å².